The predicted octanol–water partition coefficient (Wildman–Crippen LogP) is 2.20. The Kier molecular flexibility index (Phi) is 7.73. The molecule has 0 saturated heterocycles. The first-order valence-electron chi connectivity index (χ1n) is 7.85. The van der Waals surface area contributed by atoms with Crippen molar-refractivity contribution in [3.8, 4) is 5.75 Å². The number of nitrogens with one attached hydrogen (secondary N) is 2. The monoisotopic (exact) mass is 395 g/mol. The molecule has 1 aromatic carbocycles. The molecule has 0 fully saturated rings. The first-order chi connectivity index (χ1) is 12.0. The van der Waals surface area contributed by atoms with Gasteiger partial charge in [0.15, 0.2) is 5.96 Å². The lowest BCUT2D eigenvalue weighted by Gasteiger charge is -2.19. The van der Waals surface area contributed by atoms with Crippen molar-refractivity contribution in [2.45, 2.75) is 32.1 Å². The zero-order valence-electron chi connectivity index (χ0n) is 15.1. The van der Waals surface area contributed by atoms with E-state index in [1.165, 1.54) is 26.3 Å². The molecule has 6 nitrogen and oxygen atoms in total. The molecule has 0 aliphatic heterocycles. The average Bonchev–Trinajstić information content (AvgIpc) is 2.55. The van der Waals surface area contributed by atoms with Crippen molar-refractivity contribution in [3.05, 3.63) is 29.3 Å². The molecular formula is C16H24F3N3O3S. The molecule has 0 bridgehead atoms. The smallest absolute Gasteiger partial charge is 0.416 e. The van der Waals surface area contributed by atoms with Gasteiger partial charge in [-0.25, -0.2) is 8.42 Å². The van der Waals surface area contributed by atoms with Crippen molar-refractivity contribution >= 4 is 15.8 Å². The van der Waals surface area contributed by atoms with Crippen molar-refractivity contribution < 1.29 is 26.3 Å². The molecule has 26 heavy (non-hydrogen) atoms. The van der Waals surface area contributed by atoms with Crippen LogP contribution in [0.5, 0.6) is 5.75 Å². The predicted molar refractivity (Wildman–Crippen MR) is 95.1 cm³/mol. The highest BCUT2D eigenvalue weighted by molar-refractivity contribution is 7.90. The summed E-state index contributed by atoms with van der Waals surface area (Å²) in [6.45, 7) is 1.67. The third-order valence-corrected chi connectivity index (χ3v) is 4.57. The van der Waals surface area contributed by atoms with Crippen LogP contribution >= 0.6 is 0 Å². The largest absolute Gasteiger partial charge is 0.497 e. The van der Waals surface area contributed by atoms with Crippen molar-refractivity contribution in [3.63, 3.8) is 0 Å². The Labute approximate surface area is 151 Å². The van der Waals surface area contributed by atoms with Gasteiger partial charge in [-0.15, -0.1) is 0 Å². The first-order valence-corrected chi connectivity index (χ1v) is 9.91. The quantitative estimate of drug-likeness (QED) is 0.547. The van der Waals surface area contributed by atoms with Gasteiger partial charge < -0.3 is 15.4 Å². The van der Waals surface area contributed by atoms with Crippen molar-refractivity contribution in [2.75, 3.05) is 26.2 Å². The molecule has 1 rings (SSSR count). The third kappa shape index (κ3) is 7.51. The molecule has 148 valence electrons. The minimum absolute atomic E-state index is 0.00879. The Hall–Kier alpha value is -1.97. The number of hydrogen-bond donors (Lipinski definition) is 2. The van der Waals surface area contributed by atoms with E-state index in [0.717, 1.165) is 12.3 Å². The second kappa shape index (κ2) is 9.11. The van der Waals surface area contributed by atoms with Crippen LogP contribution < -0.4 is 15.4 Å². The Morgan fingerprint density at radius 3 is 2.50 bits per heavy atom. The lowest BCUT2D eigenvalue weighted by Crippen LogP contribution is -2.42. The number of alkyl halides is 3. The molecule has 0 aliphatic rings. The van der Waals surface area contributed by atoms with Gasteiger partial charge >= 0.3 is 6.18 Å². The van der Waals surface area contributed by atoms with E-state index in [1.54, 1.807) is 6.92 Å². The Bertz CT molecular complexity index is 734. The average molecular weight is 395 g/mol. The molecule has 0 heterocycles. The molecule has 0 aromatic heterocycles. The fraction of sp³-hybridized carbons (Fsp3) is 0.562. The zero-order chi connectivity index (χ0) is 20.0. The summed E-state index contributed by atoms with van der Waals surface area (Å²) < 4.78 is 66.9. The van der Waals surface area contributed by atoms with Gasteiger partial charge in [0.2, 0.25) is 0 Å². The van der Waals surface area contributed by atoms with E-state index in [0.29, 0.717) is 6.42 Å². The zero-order valence-corrected chi connectivity index (χ0v) is 16.0. The maximum absolute atomic E-state index is 13.2. The van der Waals surface area contributed by atoms with E-state index in [-0.39, 0.29) is 35.6 Å². The summed E-state index contributed by atoms with van der Waals surface area (Å²) in [7, 11) is -0.297. The number of rotatable bonds is 7. The third-order valence-electron chi connectivity index (χ3n) is 3.60. The van der Waals surface area contributed by atoms with E-state index < -0.39 is 21.6 Å². The fourth-order valence-corrected chi connectivity index (χ4v) is 2.95. The van der Waals surface area contributed by atoms with Gasteiger partial charge in [0.1, 0.15) is 15.6 Å². The van der Waals surface area contributed by atoms with Gasteiger partial charge in [-0.1, -0.05) is 6.07 Å². The number of benzene rings is 1. The standard InChI is InChI=1S/C16H24F3N3O3S/c1-11(7-8-26(4,23)24)22-15(20-2)21-10-12-5-6-13(25-3)9-14(12)16(17,18)19/h5-6,9,11H,7-8,10H2,1-4H3,(H2,20,21,22). The molecule has 2 N–H and O–H groups in total. The Morgan fingerprint density at radius 1 is 1.35 bits per heavy atom. The van der Waals surface area contributed by atoms with Gasteiger partial charge in [0.25, 0.3) is 0 Å². The number of nitrogens with zero attached hydrogens (tertiary/aromatic N) is 1. The summed E-state index contributed by atoms with van der Waals surface area (Å²) in [6.07, 6.45) is -3.00. The SMILES string of the molecule is CN=C(NCc1ccc(OC)cc1C(F)(F)F)NC(C)CCS(C)(=O)=O. The molecule has 1 unspecified atom stereocenters. The number of guanidine groups is 1. The normalized spacial score (nSPS) is 14.0. The summed E-state index contributed by atoms with van der Waals surface area (Å²) in [6, 6.07) is 3.53. The molecule has 0 radical (unpaired) electrons. The molecule has 0 saturated carbocycles. The highest BCUT2D eigenvalue weighted by Gasteiger charge is 2.33. The highest BCUT2D eigenvalue weighted by atomic mass is 32.2. The van der Waals surface area contributed by atoms with E-state index in [2.05, 4.69) is 15.6 Å². The van der Waals surface area contributed by atoms with Gasteiger partial charge in [-0.2, -0.15) is 13.2 Å². The van der Waals surface area contributed by atoms with Crippen LogP contribution in [0, 0.1) is 0 Å². The lowest BCUT2D eigenvalue weighted by molar-refractivity contribution is -0.138. The minimum Gasteiger partial charge on any atom is -0.497 e. The van der Waals surface area contributed by atoms with Crippen LogP contribution in [0.1, 0.15) is 24.5 Å². The first kappa shape index (κ1) is 22.1. The van der Waals surface area contributed by atoms with Crippen molar-refractivity contribution in [1.82, 2.24) is 10.6 Å². The second-order valence-corrected chi connectivity index (χ2v) is 8.17. The van der Waals surface area contributed by atoms with Gasteiger partial charge in [-0.3, -0.25) is 4.99 Å². The number of sulfone groups is 1. The molecule has 1 aromatic rings. The van der Waals surface area contributed by atoms with E-state index in [9.17, 15) is 21.6 Å². The highest BCUT2D eigenvalue weighted by Crippen LogP contribution is 2.34. The van der Waals surface area contributed by atoms with Crippen LogP contribution in [-0.2, 0) is 22.6 Å². The van der Waals surface area contributed by atoms with Crippen LogP contribution in [0.2, 0.25) is 0 Å². The van der Waals surface area contributed by atoms with Crippen LogP contribution in [0.4, 0.5) is 13.2 Å². The Balaban J connectivity index is 2.77. The maximum Gasteiger partial charge on any atom is 0.416 e. The number of aliphatic imine (C=N–C) groups is 1. The fourth-order valence-electron chi connectivity index (χ4n) is 2.17. The minimum atomic E-state index is -4.51. The van der Waals surface area contributed by atoms with E-state index in [4.69, 9.17) is 4.74 Å². The number of methoxy groups -OCH3 is 1. The van der Waals surface area contributed by atoms with E-state index in [1.807, 2.05) is 0 Å². The topological polar surface area (TPSA) is 79.8 Å². The van der Waals surface area contributed by atoms with Crippen LogP contribution in [0.15, 0.2) is 23.2 Å². The van der Waals surface area contributed by atoms with Crippen LogP contribution in [-0.4, -0.2) is 46.6 Å². The summed E-state index contributed by atoms with van der Waals surface area (Å²) in [5.41, 5.74) is -0.741. The summed E-state index contributed by atoms with van der Waals surface area (Å²) >= 11 is 0. The van der Waals surface area contributed by atoms with Gasteiger partial charge in [0.05, 0.1) is 18.4 Å². The number of hydrogen-bond acceptors (Lipinski definition) is 4. The molecule has 0 amide bonds. The van der Waals surface area contributed by atoms with Gasteiger partial charge in [0, 0.05) is 25.9 Å². The lowest BCUT2D eigenvalue weighted by atomic mass is 10.1. The summed E-state index contributed by atoms with van der Waals surface area (Å²) in [5, 5.41) is 5.77. The number of ether oxygens (including phenoxy) is 1. The molecule has 1 atom stereocenters. The summed E-state index contributed by atoms with van der Waals surface area (Å²) in [5.74, 6) is 0.419. The maximum atomic E-state index is 13.2. The molecular weight excluding hydrogens is 371 g/mol. The summed E-state index contributed by atoms with van der Waals surface area (Å²) in [4.78, 5) is 3.95. The molecule has 0 aliphatic carbocycles. The van der Waals surface area contributed by atoms with E-state index >= 15 is 0 Å². The molecule has 10 heteroatoms. The number of halogens is 3. The van der Waals surface area contributed by atoms with Crippen molar-refractivity contribution in [1.29, 1.82) is 0 Å². The molecule has 0 spiro atoms. The second-order valence-electron chi connectivity index (χ2n) is 5.91. The van der Waals surface area contributed by atoms with Gasteiger partial charge in [-0.05, 0) is 31.0 Å². The van der Waals surface area contributed by atoms with Crippen LogP contribution in [0.25, 0.3) is 0 Å². The van der Waals surface area contributed by atoms with Crippen molar-refractivity contribution in [2.24, 2.45) is 4.99 Å². The Morgan fingerprint density at radius 2 is 2.00 bits per heavy atom. The van der Waals surface area contributed by atoms with Crippen LogP contribution in [0.3, 0.4) is 0 Å².